The molecule has 1 aliphatic heterocycles. The maximum absolute atomic E-state index is 4.20. The molecule has 0 amide bonds. The predicted molar refractivity (Wildman–Crippen MR) is 101 cm³/mol. The molecule has 116 valence electrons. The van der Waals surface area contributed by atoms with Crippen molar-refractivity contribution in [2.45, 2.75) is 6.42 Å². The van der Waals surface area contributed by atoms with E-state index >= 15 is 0 Å². The average Bonchev–Trinajstić information content (AvgIpc) is 2.89. The first-order chi connectivity index (χ1) is 11.9. The Hall–Kier alpha value is -3.13. The summed E-state index contributed by atoms with van der Waals surface area (Å²) < 4.78 is 0. The molecule has 1 aliphatic carbocycles. The Morgan fingerprint density at radius 1 is 0.958 bits per heavy atom. The molecule has 2 aliphatic rings. The number of allylic oxidation sites excluding steroid dienone is 2. The third kappa shape index (κ3) is 2.86. The van der Waals surface area contributed by atoms with Crippen LogP contribution in [0.25, 0.3) is 29.1 Å². The van der Waals surface area contributed by atoms with E-state index in [-0.39, 0.29) is 0 Å². The van der Waals surface area contributed by atoms with Gasteiger partial charge in [-0.3, -0.25) is 4.98 Å². The van der Waals surface area contributed by atoms with Crippen LogP contribution in [0.1, 0.15) is 11.1 Å². The van der Waals surface area contributed by atoms with Crippen molar-refractivity contribution < 1.29 is 0 Å². The molecule has 0 fully saturated rings. The fourth-order valence-corrected chi connectivity index (χ4v) is 3.10. The highest BCUT2D eigenvalue weighted by atomic mass is 14.8. The van der Waals surface area contributed by atoms with Gasteiger partial charge in [-0.25, -0.2) is 0 Å². The van der Waals surface area contributed by atoms with Gasteiger partial charge >= 0.3 is 0 Å². The first-order valence-corrected chi connectivity index (χ1v) is 8.13. The van der Waals surface area contributed by atoms with E-state index in [0.29, 0.717) is 0 Å². The van der Waals surface area contributed by atoms with Crippen LogP contribution in [0.3, 0.4) is 0 Å². The van der Waals surface area contributed by atoms with E-state index in [1.54, 1.807) is 6.20 Å². The second-order valence-electron chi connectivity index (χ2n) is 5.78. The van der Waals surface area contributed by atoms with Gasteiger partial charge in [0.15, 0.2) is 0 Å². The number of fused-ring (bicyclic) bond motifs is 1. The smallest absolute Gasteiger partial charge is 0.0717 e. The zero-order chi connectivity index (χ0) is 16.2. The Morgan fingerprint density at radius 3 is 2.83 bits per heavy atom. The molecule has 0 atom stereocenters. The van der Waals surface area contributed by atoms with Crippen LogP contribution >= 0.6 is 0 Å². The monoisotopic (exact) mass is 310 g/mol. The number of pyridine rings is 1. The topological polar surface area (TPSA) is 24.9 Å². The van der Waals surface area contributed by atoms with Crippen LogP contribution < -0.4 is 15.9 Å². The highest BCUT2D eigenvalue weighted by Crippen LogP contribution is 2.27. The molecular weight excluding hydrogens is 292 g/mol. The van der Waals surface area contributed by atoms with Gasteiger partial charge in [0.05, 0.1) is 5.35 Å². The quantitative estimate of drug-likeness (QED) is 0.690. The van der Waals surface area contributed by atoms with Crippen LogP contribution in [0.5, 0.6) is 0 Å². The maximum Gasteiger partial charge on any atom is 0.0717 e. The number of rotatable bonds is 0. The molecule has 2 heterocycles. The van der Waals surface area contributed by atoms with E-state index in [0.717, 1.165) is 17.0 Å². The molecule has 2 heteroatoms. The lowest BCUT2D eigenvalue weighted by molar-refractivity contribution is 1.20. The minimum absolute atomic E-state index is 1.01. The number of hydrogen-bond acceptors (Lipinski definition) is 2. The average molecular weight is 310 g/mol. The molecule has 0 radical (unpaired) electrons. The van der Waals surface area contributed by atoms with E-state index in [1.165, 1.54) is 21.9 Å². The molecule has 24 heavy (non-hydrogen) atoms. The highest BCUT2D eigenvalue weighted by molar-refractivity contribution is 5.94. The van der Waals surface area contributed by atoms with Gasteiger partial charge in [-0.05, 0) is 52.6 Å². The van der Waals surface area contributed by atoms with Crippen molar-refractivity contribution in [1.82, 2.24) is 10.3 Å². The van der Waals surface area contributed by atoms with Gasteiger partial charge in [0.25, 0.3) is 0 Å². The zero-order valence-corrected chi connectivity index (χ0v) is 13.3. The predicted octanol–water partition coefficient (Wildman–Crippen LogP) is 3.13. The number of benzene rings is 2. The van der Waals surface area contributed by atoms with Crippen molar-refractivity contribution in [3.63, 3.8) is 0 Å². The summed E-state index contributed by atoms with van der Waals surface area (Å²) in [6.45, 7) is 0. The molecular formula is C22H18N2. The standard InChI is InChI=1S/C13H10.C9H8N2/c1-4-10-6-2-8-12-9-3-7-11(5-1)13(10)12;1-3-8-7-10-5-2-4-9(8)11-6-1/h1-8H,9H2;1-7,10H. The second kappa shape index (κ2) is 6.55. The van der Waals surface area contributed by atoms with Crippen LogP contribution in [-0.2, 0) is 6.42 Å². The lowest BCUT2D eigenvalue weighted by Crippen LogP contribution is -2.27. The molecule has 1 aromatic heterocycles. The SMILES string of the molecule is C1=CNC=c2cccnc2=C1.C1=Cc2cccc3cccc(c23)C1. The van der Waals surface area contributed by atoms with Gasteiger partial charge in [0.1, 0.15) is 0 Å². The summed E-state index contributed by atoms with van der Waals surface area (Å²) in [6.07, 6.45) is 15.0. The largest absolute Gasteiger partial charge is 0.367 e. The lowest BCUT2D eigenvalue weighted by atomic mass is 9.93. The van der Waals surface area contributed by atoms with Gasteiger partial charge < -0.3 is 5.32 Å². The summed E-state index contributed by atoms with van der Waals surface area (Å²) >= 11 is 0. The third-order valence-corrected chi connectivity index (χ3v) is 4.22. The molecule has 0 saturated carbocycles. The van der Waals surface area contributed by atoms with Crippen molar-refractivity contribution in [2.24, 2.45) is 0 Å². The van der Waals surface area contributed by atoms with E-state index < -0.39 is 0 Å². The van der Waals surface area contributed by atoms with Crippen LogP contribution in [0, 0.1) is 0 Å². The van der Waals surface area contributed by atoms with E-state index in [9.17, 15) is 0 Å². The fourth-order valence-electron chi connectivity index (χ4n) is 3.10. The summed E-state index contributed by atoms with van der Waals surface area (Å²) in [5.41, 5.74) is 2.81. The molecule has 3 aromatic rings. The van der Waals surface area contributed by atoms with Crippen molar-refractivity contribution in [1.29, 1.82) is 0 Å². The minimum Gasteiger partial charge on any atom is -0.367 e. The van der Waals surface area contributed by atoms with Gasteiger partial charge in [-0.1, -0.05) is 48.6 Å². The summed E-state index contributed by atoms with van der Waals surface area (Å²) in [5.74, 6) is 0. The Labute approximate surface area is 141 Å². The molecule has 1 N–H and O–H groups in total. The number of hydrogen-bond donors (Lipinski definition) is 1. The summed E-state index contributed by atoms with van der Waals surface area (Å²) in [5, 5.41) is 7.96. The fraction of sp³-hybridized carbons (Fsp3) is 0.0455. The second-order valence-corrected chi connectivity index (χ2v) is 5.78. The summed E-state index contributed by atoms with van der Waals surface area (Å²) in [6, 6.07) is 17.0. The van der Waals surface area contributed by atoms with E-state index in [4.69, 9.17) is 0 Å². The number of aromatic nitrogens is 1. The zero-order valence-electron chi connectivity index (χ0n) is 13.3. The molecule has 0 spiro atoms. The van der Waals surface area contributed by atoms with Gasteiger partial charge in [0, 0.05) is 23.8 Å². The van der Waals surface area contributed by atoms with Crippen LogP contribution in [0.4, 0.5) is 0 Å². The highest BCUT2D eigenvalue weighted by Gasteiger charge is 2.06. The molecule has 2 aromatic carbocycles. The normalized spacial score (nSPS) is 13.5. The van der Waals surface area contributed by atoms with Gasteiger partial charge in [-0.15, -0.1) is 0 Å². The van der Waals surface area contributed by atoms with Crippen LogP contribution in [0.15, 0.2) is 73.1 Å². The van der Waals surface area contributed by atoms with Crippen molar-refractivity contribution in [3.05, 3.63) is 94.8 Å². The van der Waals surface area contributed by atoms with Crippen LogP contribution in [-0.4, -0.2) is 4.98 Å². The number of nitrogens with one attached hydrogen (secondary N) is 1. The van der Waals surface area contributed by atoms with Crippen molar-refractivity contribution >= 4 is 29.1 Å². The first kappa shape index (κ1) is 14.5. The van der Waals surface area contributed by atoms with Crippen LogP contribution in [0.2, 0.25) is 0 Å². The minimum atomic E-state index is 1.01. The molecule has 2 nitrogen and oxygen atoms in total. The Kier molecular flexibility index (Phi) is 3.95. The number of nitrogens with zero attached hydrogens (tertiary/aromatic N) is 1. The third-order valence-electron chi connectivity index (χ3n) is 4.22. The van der Waals surface area contributed by atoms with E-state index in [1.807, 2.05) is 36.7 Å². The molecule has 0 bridgehead atoms. The lowest BCUT2D eigenvalue weighted by Gasteiger charge is -2.11. The first-order valence-electron chi connectivity index (χ1n) is 8.13. The Balaban J connectivity index is 0.000000123. The Bertz CT molecular complexity index is 1050. The Morgan fingerprint density at radius 2 is 1.88 bits per heavy atom. The molecule has 0 saturated heterocycles. The van der Waals surface area contributed by atoms with E-state index in [2.05, 4.69) is 58.9 Å². The van der Waals surface area contributed by atoms with Crippen molar-refractivity contribution in [2.75, 3.05) is 0 Å². The van der Waals surface area contributed by atoms with Crippen molar-refractivity contribution in [3.8, 4) is 0 Å². The van der Waals surface area contributed by atoms with Gasteiger partial charge in [-0.2, -0.15) is 0 Å². The summed E-state index contributed by atoms with van der Waals surface area (Å²) in [7, 11) is 0. The van der Waals surface area contributed by atoms with Gasteiger partial charge in [0.2, 0.25) is 0 Å². The molecule has 5 rings (SSSR count). The molecule has 0 unspecified atom stereocenters. The maximum atomic E-state index is 4.20. The summed E-state index contributed by atoms with van der Waals surface area (Å²) in [4.78, 5) is 4.20.